The third-order valence-electron chi connectivity index (χ3n) is 7.08. The third kappa shape index (κ3) is 4.38. The van der Waals surface area contributed by atoms with E-state index < -0.39 is 11.9 Å². The van der Waals surface area contributed by atoms with Gasteiger partial charge in [-0.1, -0.05) is 23.2 Å². The van der Waals surface area contributed by atoms with Crippen molar-refractivity contribution in [3.8, 4) is 11.9 Å². The lowest BCUT2D eigenvalue weighted by Gasteiger charge is -2.32. The predicted octanol–water partition coefficient (Wildman–Crippen LogP) is 3.87. The van der Waals surface area contributed by atoms with Crippen molar-refractivity contribution in [1.29, 1.82) is 5.26 Å². The van der Waals surface area contributed by atoms with E-state index in [4.69, 9.17) is 28.5 Å². The smallest absolute Gasteiger partial charge is 0.255 e. The van der Waals surface area contributed by atoms with Crippen molar-refractivity contribution in [1.82, 2.24) is 34.9 Å². The molecule has 3 aromatic heterocycles. The number of carbonyl (C=O) groups excluding carboxylic acids is 2. The SMILES string of the molecule is N#CC1CCN(C(=O)C(NC(=O)c2c[nH]c3ncc(-n4ncc5cc(Cl)c(Cl)cc54)nc23)C2CC2)CC1. The van der Waals surface area contributed by atoms with Crippen molar-refractivity contribution < 1.29 is 9.59 Å². The zero-order valence-electron chi connectivity index (χ0n) is 19.6. The molecule has 0 spiro atoms. The number of aromatic amines is 1. The van der Waals surface area contributed by atoms with Crippen LogP contribution in [-0.2, 0) is 4.79 Å². The summed E-state index contributed by atoms with van der Waals surface area (Å²) in [5, 5.41) is 18.1. The average molecular weight is 537 g/mol. The van der Waals surface area contributed by atoms with Crippen LogP contribution in [0.15, 0.2) is 30.7 Å². The highest BCUT2D eigenvalue weighted by molar-refractivity contribution is 6.42. The minimum Gasteiger partial charge on any atom is -0.344 e. The van der Waals surface area contributed by atoms with Gasteiger partial charge in [0.1, 0.15) is 11.6 Å². The standard InChI is InChI=1S/C25H22Cl2N8O2/c26-17-7-15-10-31-35(19(15)8-18(17)27)20-12-30-23-22(32-20)16(11-29-23)24(36)33-21(14-1-2-14)25(37)34-5-3-13(9-28)4-6-34/h7-8,10-14,21H,1-6H2,(H,29,30)(H,33,36). The lowest BCUT2D eigenvalue weighted by Crippen LogP contribution is -2.51. The van der Waals surface area contributed by atoms with Gasteiger partial charge in [0.25, 0.3) is 5.91 Å². The van der Waals surface area contributed by atoms with E-state index in [9.17, 15) is 9.59 Å². The van der Waals surface area contributed by atoms with Gasteiger partial charge in [-0.15, -0.1) is 0 Å². The molecule has 1 saturated carbocycles. The maximum Gasteiger partial charge on any atom is 0.255 e. The Hall–Kier alpha value is -3.68. The van der Waals surface area contributed by atoms with E-state index in [-0.39, 0.29) is 17.7 Å². The van der Waals surface area contributed by atoms with E-state index in [1.807, 2.05) is 0 Å². The molecule has 1 aromatic carbocycles. The van der Waals surface area contributed by atoms with Crippen LogP contribution >= 0.6 is 23.2 Å². The summed E-state index contributed by atoms with van der Waals surface area (Å²) in [5.74, 6) is 0.0260. The second-order valence-electron chi connectivity index (χ2n) is 9.53. The molecule has 1 atom stereocenters. The molecular formula is C25H22Cl2N8O2. The summed E-state index contributed by atoms with van der Waals surface area (Å²) in [6.45, 7) is 1.07. The van der Waals surface area contributed by atoms with Crippen molar-refractivity contribution in [2.24, 2.45) is 11.8 Å². The summed E-state index contributed by atoms with van der Waals surface area (Å²) in [5.41, 5.74) is 1.81. The number of carbonyl (C=O) groups is 2. The molecule has 2 N–H and O–H groups in total. The zero-order chi connectivity index (χ0) is 25.7. The molecule has 1 unspecified atom stereocenters. The van der Waals surface area contributed by atoms with Gasteiger partial charge in [0.15, 0.2) is 11.5 Å². The van der Waals surface area contributed by atoms with Gasteiger partial charge in [-0.2, -0.15) is 10.4 Å². The first-order valence-corrected chi connectivity index (χ1v) is 12.8. The number of benzene rings is 1. The van der Waals surface area contributed by atoms with Crippen LogP contribution in [0.3, 0.4) is 0 Å². The van der Waals surface area contributed by atoms with Crippen LogP contribution in [0.1, 0.15) is 36.0 Å². The fourth-order valence-electron chi connectivity index (χ4n) is 4.82. The molecule has 1 aliphatic heterocycles. The molecule has 6 rings (SSSR count). The van der Waals surface area contributed by atoms with Gasteiger partial charge in [-0.25, -0.2) is 14.6 Å². The van der Waals surface area contributed by atoms with Gasteiger partial charge in [0.2, 0.25) is 5.91 Å². The lowest BCUT2D eigenvalue weighted by molar-refractivity contribution is -0.135. The number of rotatable bonds is 5. The zero-order valence-corrected chi connectivity index (χ0v) is 21.1. The number of fused-ring (bicyclic) bond motifs is 2. The van der Waals surface area contributed by atoms with Gasteiger partial charge >= 0.3 is 0 Å². The fourth-order valence-corrected chi connectivity index (χ4v) is 5.15. The van der Waals surface area contributed by atoms with Gasteiger partial charge in [-0.3, -0.25) is 9.59 Å². The first-order chi connectivity index (χ1) is 17.9. The number of nitrogens with one attached hydrogen (secondary N) is 2. The highest BCUT2D eigenvalue weighted by atomic mass is 35.5. The van der Waals surface area contributed by atoms with Crippen molar-refractivity contribution in [2.45, 2.75) is 31.7 Å². The monoisotopic (exact) mass is 536 g/mol. The van der Waals surface area contributed by atoms with E-state index in [0.29, 0.717) is 64.0 Å². The summed E-state index contributed by atoms with van der Waals surface area (Å²) in [7, 11) is 0. The van der Waals surface area contributed by atoms with Crippen LogP contribution in [0.25, 0.3) is 27.9 Å². The first kappa shape index (κ1) is 23.7. The molecule has 2 aliphatic rings. The van der Waals surface area contributed by atoms with Crippen LogP contribution in [0, 0.1) is 23.2 Å². The maximum absolute atomic E-state index is 13.4. The van der Waals surface area contributed by atoms with Crippen molar-refractivity contribution in [3.05, 3.63) is 46.3 Å². The molecule has 4 heterocycles. The molecule has 0 radical (unpaired) electrons. The number of aromatic nitrogens is 5. The molecular weight excluding hydrogens is 515 g/mol. The first-order valence-electron chi connectivity index (χ1n) is 12.1. The maximum atomic E-state index is 13.4. The number of H-pyrrole nitrogens is 1. The Bertz CT molecular complexity index is 1580. The van der Waals surface area contributed by atoms with E-state index in [1.165, 1.54) is 0 Å². The molecule has 37 heavy (non-hydrogen) atoms. The molecule has 1 aliphatic carbocycles. The number of hydrogen-bond donors (Lipinski definition) is 2. The Morgan fingerprint density at radius 2 is 1.89 bits per heavy atom. The number of nitriles is 1. The minimum atomic E-state index is -0.603. The van der Waals surface area contributed by atoms with Crippen LogP contribution in [-0.4, -0.2) is 60.6 Å². The summed E-state index contributed by atoms with van der Waals surface area (Å²) < 4.78 is 1.58. The molecule has 10 nitrogen and oxygen atoms in total. The van der Waals surface area contributed by atoms with E-state index in [2.05, 4.69) is 31.4 Å². The predicted molar refractivity (Wildman–Crippen MR) is 137 cm³/mol. The minimum absolute atomic E-state index is 0.0167. The highest BCUT2D eigenvalue weighted by Gasteiger charge is 2.40. The van der Waals surface area contributed by atoms with Crippen molar-refractivity contribution >= 4 is 57.1 Å². The molecule has 12 heteroatoms. The number of hydrogen-bond acceptors (Lipinski definition) is 6. The van der Waals surface area contributed by atoms with E-state index >= 15 is 0 Å². The number of piperidine rings is 1. The normalized spacial score (nSPS) is 17.2. The Morgan fingerprint density at radius 3 is 2.62 bits per heavy atom. The topological polar surface area (TPSA) is 133 Å². The van der Waals surface area contributed by atoms with Crippen LogP contribution in [0.5, 0.6) is 0 Å². The Balaban J connectivity index is 1.27. The lowest BCUT2D eigenvalue weighted by atomic mass is 9.97. The summed E-state index contributed by atoms with van der Waals surface area (Å²) in [6, 6.07) is 5.11. The molecule has 2 amide bonds. The number of likely N-dealkylation sites (tertiary alicyclic amines) is 1. The molecule has 188 valence electrons. The Kier molecular flexibility index (Phi) is 5.97. The van der Waals surface area contributed by atoms with Gasteiger partial charge in [0, 0.05) is 30.6 Å². The van der Waals surface area contributed by atoms with Gasteiger partial charge in [-0.05, 0) is 43.7 Å². The quantitative estimate of drug-likeness (QED) is 0.397. The molecule has 0 bridgehead atoms. The average Bonchev–Trinajstić information content (AvgIpc) is 3.54. The third-order valence-corrected chi connectivity index (χ3v) is 7.80. The van der Waals surface area contributed by atoms with Crippen LogP contribution in [0.2, 0.25) is 10.0 Å². The largest absolute Gasteiger partial charge is 0.344 e. The molecule has 1 saturated heterocycles. The number of amides is 2. The fraction of sp³-hybridized carbons (Fsp3) is 0.360. The van der Waals surface area contributed by atoms with E-state index in [1.54, 1.807) is 40.3 Å². The summed E-state index contributed by atoms with van der Waals surface area (Å²) >= 11 is 12.3. The van der Waals surface area contributed by atoms with E-state index in [0.717, 1.165) is 18.2 Å². The van der Waals surface area contributed by atoms with Crippen molar-refractivity contribution in [3.63, 3.8) is 0 Å². The van der Waals surface area contributed by atoms with Crippen molar-refractivity contribution in [2.75, 3.05) is 13.1 Å². The van der Waals surface area contributed by atoms with Crippen LogP contribution < -0.4 is 5.32 Å². The number of nitrogens with zero attached hydrogens (tertiary/aromatic N) is 6. The van der Waals surface area contributed by atoms with Gasteiger partial charge in [0.05, 0.1) is 39.6 Å². The van der Waals surface area contributed by atoms with Crippen LogP contribution in [0.4, 0.5) is 0 Å². The van der Waals surface area contributed by atoms with Gasteiger partial charge < -0.3 is 15.2 Å². The number of halogens is 2. The second kappa shape index (κ2) is 9.32. The molecule has 4 aromatic rings. The molecule has 2 fully saturated rings. The summed E-state index contributed by atoms with van der Waals surface area (Å²) in [6.07, 6.45) is 7.86. The highest BCUT2D eigenvalue weighted by Crippen LogP contribution is 2.34. The Morgan fingerprint density at radius 1 is 1.14 bits per heavy atom. The summed E-state index contributed by atoms with van der Waals surface area (Å²) in [4.78, 5) is 40.5. The Labute approximate surface area is 221 Å². The second-order valence-corrected chi connectivity index (χ2v) is 10.3.